The van der Waals surface area contributed by atoms with Crippen LogP contribution < -0.4 is 5.32 Å². The zero-order chi connectivity index (χ0) is 20.5. The topological polar surface area (TPSA) is 41.1 Å². The second-order valence-electron chi connectivity index (χ2n) is 9.70. The molecule has 1 aliphatic heterocycles. The molecule has 4 rings (SSSR count). The Morgan fingerprint density at radius 1 is 0.897 bits per heavy atom. The molecule has 0 amide bonds. The minimum atomic E-state index is 0.114. The molecule has 1 aliphatic rings. The molecule has 0 unspecified atom stereocenters. The molecule has 0 atom stereocenters. The van der Waals surface area contributed by atoms with Crippen molar-refractivity contribution in [3.8, 4) is 0 Å². The highest BCUT2D eigenvalue weighted by Gasteiger charge is 2.39. The van der Waals surface area contributed by atoms with E-state index in [-0.39, 0.29) is 11.1 Å². The molecule has 0 aliphatic carbocycles. The van der Waals surface area contributed by atoms with Crippen LogP contribution in [0, 0.1) is 0 Å². The van der Waals surface area contributed by atoms with Gasteiger partial charge in [-0.05, 0) is 75.9 Å². The van der Waals surface area contributed by atoms with Gasteiger partial charge in [0.2, 0.25) is 0 Å². The van der Waals surface area contributed by atoms with Crippen LogP contribution in [0.15, 0.2) is 61.1 Å². The summed E-state index contributed by atoms with van der Waals surface area (Å²) in [5, 5.41) is 5.08. The summed E-state index contributed by atoms with van der Waals surface area (Å²) in [6, 6.07) is 15.5. The highest BCUT2D eigenvalue weighted by Crippen LogP contribution is 2.33. The van der Waals surface area contributed by atoms with Crippen molar-refractivity contribution in [2.24, 2.45) is 0 Å². The molecular formula is C25H32N4. The number of aromatic nitrogens is 2. The van der Waals surface area contributed by atoms with Crippen LogP contribution in [0.2, 0.25) is 0 Å². The highest BCUT2D eigenvalue weighted by atomic mass is 15.2. The Kier molecular flexibility index (Phi) is 5.41. The number of benzene rings is 1. The molecule has 29 heavy (non-hydrogen) atoms. The van der Waals surface area contributed by atoms with Gasteiger partial charge in [-0.3, -0.25) is 14.9 Å². The van der Waals surface area contributed by atoms with Crippen LogP contribution in [0.5, 0.6) is 0 Å². The minimum absolute atomic E-state index is 0.114. The summed E-state index contributed by atoms with van der Waals surface area (Å²) in [6.07, 6.45) is 7.92. The van der Waals surface area contributed by atoms with Gasteiger partial charge in [-0.2, -0.15) is 0 Å². The van der Waals surface area contributed by atoms with E-state index in [9.17, 15) is 0 Å². The predicted molar refractivity (Wildman–Crippen MR) is 120 cm³/mol. The molecule has 1 saturated heterocycles. The summed E-state index contributed by atoms with van der Waals surface area (Å²) in [6.45, 7) is 11.2. The van der Waals surface area contributed by atoms with Gasteiger partial charge in [-0.25, -0.2) is 0 Å². The Morgan fingerprint density at radius 2 is 1.62 bits per heavy atom. The molecule has 0 bridgehead atoms. The van der Waals surface area contributed by atoms with Crippen molar-refractivity contribution in [3.05, 3.63) is 72.2 Å². The third-order valence-corrected chi connectivity index (χ3v) is 5.93. The first-order valence-corrected chi connectivity index (χ1v) is 10.6. The average Bonchev–Trinajstić information content (AvgIpc) is 2.66. The summed E-state index contributed by atoms with van der Waals surface area (Å²) in [4.78, 5) is 11.4. The molecule has 2 aromatic heterocycles. The van der Waals surface area contributed by atoms with E-state index in [4.69, 9.17) is 0 Å². The number of piperidine rings is 1. The van der Waals surface area contributed by atoms with Crippen molar-refractivity contribution in [3.63, 3.8) is 0 Å². The lowest BCUT2D eigenvalue weighted by atomic mass is 9.78. The van der Waals surface area contributed by atoms with E-state index >= 15 is 0 Å². The number of nitrogens with zero attached hydrogens (tertiary/aromatic N) is 3. The maximum absolute atomic E-state index is 4.56. The van der Waals surface area contributed by atoms with Gasteiger partial charge < -0.3 is 5.32 Å². The van der Waals surface area contributed by atoms with E-state index < -0.39 is 0 Å². The fourth-order valence-corrected chi connectivity index (χ4v) is 5.09. The van der Waals surface area contributed by atoms with Gasteiger partial charge in [0, 0.05) is 54.2 Å². The molecule has 152 valence electrons. The van der Waals surface area contributed by atoms with E-state index in [0.29, 0.717) is 6.04 Å². The summed E-state index contributed by atoms with van der Waals surface area (Å²) < 4.78 is 0. The standard InChI is InChI=1S/C25H32N4/c1-24(2)15-21(16-25(3,4)28-24)29(17-19-10-13-26-14-11-19)18-20-7-5-9-23-22(20)8-6-12-27-23/h5-14,21,28H,15-18H2,1-4H3. The Labute approximate surface area is 174 Å². The van der Waals surface area contributed by atoms with Crippen molar-refractivity contribution in [1.82, 2.24) is 20.2 Å². The molecule has 1 N–H and O–H groups in total. The first kappa shape index (κ1) is 20.0. The van der Waals surface area contributed by atoms with Gasteiger partial charge in [0.15, 0.2) is 0 Å². The van der Waals surface area contributed by atoms with Crippen LogP contribution in [0.3, 0.4) is 0 Å². The Morgan fingerprint density at radius 3 is 2.34 bits per heavy atom. The fraction of sp³-hybridized carbons (Fsp3) is 0.440. The molecule has 4 nitrogen and oxygen atoms in total. The second-order valence-corrected chi connectivity index (χ2v) is 9.70. The SMILES string of the molecule is CC1(C)CC(N(Cc2ccncc2)Cc2cccc3ncccc23)CC(C)(C)N1. The van der Waals surface area contributed by atoms with Crippen LogP contribution in [0.1, 0.15) is 51.7 Å². The maximum atomic E-state index is 4.56. The summed E-state index contributed by atoms with van der Waals surface area (Å²) >= 11 is 0. The van der Waals surface area contributed by atoms with E-state index in [1.54, 1.807) is 0 Å². The zero-order valence-corrected chi connectivity index (χ0v) is 18.0. The van der Waals surface area contributed by atoms with Crippen LogP contribution in [0.4, 0.5) is 0 Å². The number of hydrogen-bond acceptors (Lipinski definition) is 4. The van der Waals surface area contributed by atoms with Crippen LogP contribution in [-0.4, -0.2) is 32.0 Å². The van der Waals surface area contributed by atoms with Crippen molar-refractivity contribution in [1.29, 1.82) is 0 Å². The largest absolute Gasteiger partial charge is 0.307 e. The minimum Gasteiger partial charge on any atom is -0.307 e. The van der Waals surface area contributed by atoms with Gasteiger partial charge in [0.25, 0.3) is 0 Å². The normalized spacial score (nSPS) is 18.9. The summed E-state index contributed by atoms with van der Waals surface area (Å²) in [5.74, 6) is 0. The molecule has 3 aromatic rings. The third-order valence-electron chi connectivity index (χ3n) is 5.93. The average molecular weight is 389 g/mol. The lowest BCUT2D eigenvalue weighted by molar-refractivity contribution is 0.0566. The van der Waals surface area contributed by atoms with Crippen molar-refractivity contribution in [2.75, 3.05) is 0 Å². The van der Waals surface area contributed by atoms with Gasteiger partial charge in [0.05, 0.1) is 5.52 Å². The lowest BCUT2D eigenvalue weighted by Gasteiger charge is -2.50. The first-order chi connectivity index (χ1) is 13.8. The highest BCUT2D eigenvalue weighted by molar-refractivity contribution is 5.81. The Bertz CT molecular complexity index is 943. The second kappa shape index (κ2) is 7.85. The molecule has 1 fully saturated rings. The van der Waals surface area contributed by atoms with Crippen molar-refractivity contribution in [2.45, 2.75) is 70.7 Å². The molecule has 0 radical (unpaired) electrons. The molecule has 1 aromatic carbocycles. The number of hydrogen-bond donors (Lipinski definition) is 1. The third kappa shape index (κ3) is 4.82. The van der Waals surface area contributed by atoms with Gasteiger partial charge in [0.1, 0.15) is 0 Å². The van der Waals surface area contributed by atoms with Crippen molar-refractivity contribution >= 4 is 10.9 Å². The van der Waals surface area contributed by atoms with E-state index in [0.717, 1.165) is 31.4 Å². The maximum Gasteiger partial charge on any atom is 0.0705 e. The summed E-state index contributed by atoms with van der Waals surface area (Å²) in [5.41, 5.74) is 3.96. The number of rotatable bonds is 5. The molecule has 3 heterocycles. The van der Waals surface area contributed by atoms with Crippen LogP contribution >= 0.6 is 0 Å². The van der Waals surface area contributed by atoms with Gasteiger partial charge in [-0.15, -0.1) is 0 Å². The number of fused-ring (bicyclic) bond motifs is 1. The quantitative estimate of drug-likeness (QED) is 0.672. The van der Waals surface area contributed by atoms with Crippen LogP contribution in [0.25, 0.3) is 10.9 Å². The molecular weight excluding hydrogens is 356 g/mol. The Hall–Kier alpha value is -2.30. The first-order valence-electron chi connectivity index (χ1n) is 10.6. The zero-order valence-electron chi connectivity index (χ0n) is 18.0. The van der Waals surface area contributed by atoms with Gasteiger partial charge in [-0.1, -0.05) is 18.2 Å². The van der Waals surface area contributed by atoms with Crippen LogP contribution in [-0.2, 0) is 13.1 Å². The predicted octanol–water partition coefficient (Wildman–Crippen LogP) is 4.94. The number of nitrogens with one attached hydrogen (secondary N) is 1. The molecule has 0 spiro atoms. The molecule has 0 saturated carbocycles. The molecule has 4 heteroatoms. The lowest BCUT2D eigenvalue weighted by Crippen LogP contribution is -2.62. The van der Waals surface area contributed by atoms with Crippen molar-refractivity contribution < 1.29 is 0 Å². The monoisotopic (exact) mass is 388 g/mol. The van der Waals surface area contributed by atoms with E-state index in [2.05, 4.69) is 84.3 Å². The van der Waals surface area contributed by atoms with Gasteiger partial charge >= 0.3 is 0 Å². The fourth-order valence-electron chi connectivity index (χ4n) is 5.09. The smallest absolute Gasteiger partial charge is 0.0705 e. The van der Waals surface area contributed by atoms with E-state index in [1.807, 2.05) is 24.7 Å². The Balaban J connectivity index is 1.68. The summed E-state index contributed by atoms with van der Waals surface area (Å²) in [7, 11) is 0. The van der Waals surface area contributed by atoms with E-state index in [1.165, 1.54) is 16.5 Å². The number of pyridine rings is 2.